The molecule has 0 aromatic carbocycles. The van der Waals surface area contributed by atoms with Gasteiger partial charge in [0.25, 0.3) is 0 Å². The molecule has 2 N–H and O–H groups in total. The van der Waals surface area contributed by atoms with Crippen LogP contribution < -0.4 is 5.48 Å². The number of aliphatic carboxylic acids is 1. The van der Waals surface area contributed by atoms with E-state index in [9.17, 15) is 14.7 Å². The van der Waals surface area contributed by atoms with Crippen LogP contribution in [0.4, 0.5) is 0 Å². The van der Waals surface area contributed by atoms with E-state index in [2.05, 4.69) is 12.4 Å². The predicted molar refractivity (Wildman–Crippen MR) is 61.4 cm³/mol. The number of nitrogens with one attached hydrogen (secondary N) is 1. The third-order valence-electron chi connectivity index (χ3n) is 4.67. The summed E-state index contributed by atoms with van der Waals surface area (Å²) in [6.07, 6.45) is 1.33. The Balaban J connectivity index is 1.77. The van der Waals surface area contributed by atoms with Gasteiger partial charge in [-0.25, -0.2) is 10.3 Å². The highest BCUT2D eigenvalue weighted by Crippen LogP contribution is 2.45. The number of carboxylic acids is 1. The van der Waals surface area contributed by atoms with Crippen LogP contribution in [0.1, 0.15) is 19.8 Å². The van der Waals surface area contributed by atoms with Crippen molar-refractivity contribution in [3.63, 3.8) is 0 Å². The van der Waals surface area contributed by atoms with Crippen molar-refractivity contribution in [2.75, 3.05) is 13.2 Å². The third kappa shape index (κ3) is 1.63. The van der Waals surface area contributed by atoms with Crippen molar-refractivity contribution in [3.05, 3.63) is 0 Å². The van der Waals surface area contributed by atoms with Gasteiger partial charge in [-0.15, -0.1) is 0 Å². The maximum Gasteiger partial charge on any atom is 0.326 e. The van der Waals surface area contributed by atoms with E-state index in [1.54, 1.807) is 4.90 Å². The molecule has 6 nitrogen and oxygen atoms in total. The summed E-state index contributed by atoms with van der Waals surface area (Å²) in [6.45, 7) is 3.48. The van der Waals surface area contributed by atoms with Gasteiger partial charge >= 0.3 is 5.97 Å². The lowest BCUT2D eigenvalue weighted by molar-refractivity contribution is -0.158. The molecule has 0 saturated carbocycles. The number of hydrogen-bond acceptors (Lipinski definition) is 4. The lowest BCUT2D eigenvalue weighted by Crippen LogP contribution is -2.55. The van der Waals surface area contributed by atoms with Gasteiger partial charge in [-0.1, -0.05) is 6.92 Å². The zero-order chi connectivity index (χ0) is 12.9. The van der Waals surface area contributed by atoms with Crippen LogP contribution in [0.25, 0.3) is 0 Å². The van der Waals surface area contributed by atoms with E-state index in [0.29, 0.717) is 18.9 Å². The Bertz CT molecular complexity index is 380. The molecule has 1 amide bonds. The summed E-state index contributed by atoms with van der Waals surface area (Å²) in [6, 6.07) is -0.495. The first kappa shape index (κ1) is 11.9. The van der Waals surface area contributed by atoms with E-state index in [4.69, 9.17) is 4.84 Å². The maximum absolute atomic E-state index is 11.6. The SMILES string of the molecule is CC1C(CC2CNOC2)C(C(=O)O)N2C(=O)CC12. The lowest BCUT2D eigenvalue weighted by atomic mass is 9.81. The highest BCUT2D eigenvalue weighted by Gasteiger charge is 2.58. The Morgan fingerprint density at radius 2 is 2.39 bits per heavy atom. The van der Waals surface area contributed by atoms with E-state index >= 15 is 0 Å². The monoisotopic (exact) mass is 254 g/mol. The van der Waals surface area contributed by atoms with Gasteiger partial charge in [-0.05, 0) is 24.2 Å². The van der Waals surface area contributed by atoms with Crippen molar-refractivity contribution in [1.29, 1.82) is 0 Å². The summed E-state index contributed by atoms with van der Waals surface area (Å²) < 4.78 is 0. The highest BCUT2D eigenvalue weighted by molar-refractivity contribution is 5.90. The molecule has 3 saturated heterocycles. The van der Waals surface area contributed by atoms with Crippen LogP contribution >= 0.6 is 0 Å². The van der Waals surface area contributed by atoms with Crippen molar-refractivity contribution in [3.8, 4) is 0 Å². The second kappa shape index (κ2) is 4.20. The summed E-state index contributed by atoms with van der Waals surface area (Å²) in [5.74, 6) is -0.207. The maximum atomic E-state index is 11.6. The number of carbonyl (C=O) groups is 2. The molecule has 3 fully saturated rings. The Morgan fingerprint density at radius 3 is 2.94 bits per heavy atom. The normalized spacial score (nSPS) is 42.8. The summed E-state index contributed by atoms with van der Waals surface area (Å²) in [4.78, 5) is 29.7. The van der Waals surface area contributed by atoms with Crippen LogP contribution in [0, 0.1) is 17.8 Å². The number of carbonyl (C=O) groups excluding carboxylic acids is 1. The number of nitrogens with zero attached hydrogens (tertiary/aromatic N) is 1. The van der Waals surface area contributed by atoms with Crippen molar-refractivity contribution in [1.82, 2.24) is 10.4 Å². The van der Waals surface area contributed by atoms with Gasteiger partial charge in [-0.3, -0.25) is 4.79 Å². The number of β-lactam (4-membered cyclic amide) rings is 1. The molecule has 3 aliphatic heterocycles. The molecule has 0 aromatic heterocycles. The zero-order valence-corrected chi connectivity index (χ0v) is 10.3. The van der Waals surface area contributed by atoms with Crippen molar-refractivity contribution in [2.45, 2.75) is 31.8 Å². The second-order valence-corrected chi connectivity index (χ2v) is 5.64. The summed E-state index contributed by atoms with van der Waals surface area (Å²) in [5, 5.41) is 9.37. The molecule has 0 radical (unpaired) electrons. The van der Waals surface area contributed by atoms with Gasteiger partial charge in [0.2, 0.25) is 5.91 Å². The summed E-state index contributed by atoms with van der Waals surface area (Å²) in [5.41, 5.74) is 2.82. The molecule has 3 aliphatic rings. The largest absolute Gasteiger partial charge is 0.480 e. The molecular formula is C12H18N2O4. The van der Waals surface area contributed by atoms with Crippen LogP contribution in [-0.4, -0.2) is 47.1 Å². The Hall–Kier alpha value is -1.14. The number of rotatable bonds is 3. The van der Waals surface area contributed by atoms with Crippen molar-refractivity contribution < 1.29 is 19.5 Å². The molecule has 0 bridgehead atoms. The molecule has 3 rings (SSSR count). The van der Waals surface area contributed by atoms with Crippen LogP contribution in [0.5, 0.6) is 0 Å². The van der Waals surface area contributed by atoms with Gasteiger partial charge in [0.1, 0.15) is 6.04 Å². The molecule has 6 heteroatoms. The zero-order valence-electron chi connectivity index (χ0n) is 10.3. The highest BCUT2D eigenvalue weighted by atomic mass is 16.7. The number of hydroxylamine groups is 1. The van der Waals surface area contributed by atoms with Gasteiger partial charge in [0.15, 0.2) is 0 Å². The molecule has 3 heterocycles. The number of hydrogen-bond donors (Lipinski definition) is 2. The number of fused-ring (bicyclic) bond motifs is 1. The molecule has 5 unspecified atom stereocenters. The van der Waals surface area contributed by atoms with Crippen LogP contribution in [-0.2, 0) is 14.4 Å². The number of carboxylic acid groups (broad SMARTS) is 1. The van der Waals surface area contributed by atoms with Gasteiger partial charge in [0, 0.05) is 19.0 Å². The fourth-order valence-electron chi connectivity index (χ4n) is 3.63. The molecule has 18 heavy (non-hydrogen) atoms. The summed E-state index contributed by atoms with van der Waals surface area (Å²) in [7, 11) is 0. The fraction of sp³-hybridized carbons (Fsp3) is 0.833. The van der Waals surface area contributed by atoms with E-state index in [1.165, 1.54) is 0 Å². The van der Waals surface area contributed by atoms with Gasteiger partial charge in [0.05, 0.1) is 6.61 Å². The average molecular weight is 254 g/mol. The van der Waals surface area contributed by atoms with Gasteiger partial charge in [-0.2, -0.15) is 0 Å². The van der Waals surface area contributed by atoms with Crippen LogP contribution in [0.3, 0.4) is 0 Å². The van der Waals surface area contributed by atoms with Crippen molar-refractivity contribution in [2.24, 2.45) is 17.8 Å². The third-order valence-corrected chi connectivity index (χ3v) is 4.67. The second-order valence-electron chi connectivity index (χ2n) is 5.64. The van der Waals surface area contributed by atoms with Crippen LogP contribution in [0.2, 0.25) is 0 Å². The minimum Gasteiger partial charge on any atom is -0.480 e. The molecule has 0 aliphatic carbocycles. The Kier molecular flexibility index (Phi) is 2.79. The molecule has 100 valence electrons. The molecule has 0 aromatic rings. The smallest absolute Gasteiger partial charge is 0.326 e. The summed E-state index contributed by atoms with van der Waals surface area (Å²) >= 11 is 0. The fourth-order valence-corrected chi connectivity index (χ4v) is 3.63. The first-order valence-electron chi connectivity index (χ1n) is 6.48. The quantitative estimate of drug-likeness (QED) is 0.685. The molecule has 5 atom stereocenters. The van der Waals surface area contributed by atoms with E-state index in [1.807, 2.05) is 0 Å². The standard InChI is InChI=1S/C12H18N2O4/c1-6-8(2-7-4-13-18-5-7)11(12(16)17)14-9(6)3-10(14)15/h6-9,11,13H,2-5H2,1H3,(H,16,17). The lowest BCUT2D eigenvalue weighted by Gasteiger charge is -2.38. The van der Waals surface area contributed by atoms with Crippen LogP contribution in [0.15, 0.2) is 0 Å². The van der Waals surface area contributed by atoms with Crippen molar-refractivity contribution >= 4 is 11.9 Å². The topological polar surface area (TPSA) is 78.9 Å². The molecular weight excluding hydrogens is 236 g/mol. The van der Waals surface area contributed by atoms with Gasteiger partial charge < -0.3 is 14.8 Å². The van der Waals surface area contributed by atoms with E-state index in [-0.39, 0.29) is 23.8 Å². The number of amides is 1. The van der Waals surface area contributed by atoms with E-state index in [0.717, 1.165) is 13.0 Å². The molecule has 0 spiro atoms. The first-order valence-corrected chi connectivity index (χ1v) is 6.48. The first-order chi connectivity index (χ1) is 8.59. The Morgan fingerprint density at radius 1 is 1.61 bits per heavy atom. The minimum absolute atomic E-state index is 0.0115. The Labute approximate surface area is 105 Å². The van der Waals surface area contributed by atoms with E-state index < -0.39 is 12.0 Å². The predicted octanol–water partition coefficient (Wildman–Crippen LogP) is -0.152. The minimum atomic E-state index is -0.866. The average Bonchev–Trinajstić information content (AvgIpc) is 2.88.